The summed E-state index contributed by atoms with van der Waals surface area (Å²) in [5.41, 5.74) is 1.39. The zero-order valence-corrected chi connectivity index (χ0v) is 14.1. The fourth-order valence-corrected chi connectivity index (χ4v) is 2.99. The number of benzene rings is 1. The standard InChI is InChI=1S/C18H32N2/c1-7-15(5)20(6)18(14(3)4)17(19-8-2)16-12-10-9-11-13-16/h9-15,17-19H,7-8H2,1-6H3. The largest absolute Gasteiger partial charge is 0.309 e. The molecule has 20 heavy (non-hydrogen) atoms. The lowest BCUT2D eigenvalue weighted by molar-refractivity contribution is 0.106. The Hall–Kier alpha value is -0.860. The van der Waals surface area contributed by atoms with Gasteiger partial charge in [0, 0.05) is 18.1 Å². The van der Waals surface area contributed by atoms with Crippen molar-refractivity contribution in [1.29, 1.82) is 0 Å². The number of nitrogens with one attached hydrogen (secondary N) is 1. The minimum atomic E-state index is 0.389. The van der Waals surface area contributed by atoms with Crippen LogP contribution in [0.2, 0.25) is 0 Å². The van der Waals surface area contributed by atoms with Crippen molar-refractivity contribution in [2.45, 2.75) is 59.2 Å². The van der Waals surface area contributed by atoms with Crippen LogP contribution in [0.3, 0.4) is 0 Å². The average molecular weight is 276 g/mol. The van der Waals surface area contributed by atoms with Crippen molar-refractivity contribution < 1.29 is 0 Å². The van der Waals surface area contributed by atoms with Crippen molar-refractivity contribution in [3.05, 3.63) is 35.9 Å². The molecular weight excluding hydrogens is 244 g/mol. The monoisotopic (exact) mass is 276 g/mol. The zero-order valence-electron chi connectivity index (χ0n) is 14.1. The third-order valence-electron chi connectivity index (χ3n) is 4.36. The number of hydrogen-bond donors (Lipinski definition) is 1. The molecule has 3 unspecified atom stereocenters. The molecule has 0 saturated carbocycles. The lowest BCUT2D eigenvalue weighted by Gasteiger charge is -2.41. The van der Waals surface area contributed by atoms with Crippen molar-refractivity contribution in [2.24, 2.45) is 5.92 Å². The van der Waals surface area contributed by atoms with E-state index in [2.05, 4.69) is 82.2 Å². The van der Waals surface area contributed by atoms with Crippen LogP contribution < -0.4 is 5.32 Å². The molecule has 1 aromatic rings. The molecule has 1 N–H and O–H groups in total. The maximum Gasteiger partial charge on any atom is 0.0480 e. The van der Waals surface area contributed by atoms with Gasteiger partial charge in [-0.2, -0.15) is 0 Å². The van der Waals surface area contributed by atoms with E-state index in [0.29, 0.717) is 24.0 Å². The predicted octanol–water partition coefficient (Wildman–Crippen LogP) is 4.09. The Balaban J connectivity index is 3.06. The van der Waals surface area contributed by atoms with E-state index in [9.17, 15) is 0 Å². The van der Waals surface area contributed by atoms with Gasteiger partial charge in [0.1, 0.15) is 0 Å². The molecule has 1 rings (SSSR count). The number of rotatable bonds is 8. The summed E-state index contributed by atoms with van der Waals surface area (Å²) >= 11 is 0. The lowest BCUT2D eigenvalue weighted by atomic mass is 9.89. The third-order valence-corrected chi connectivity index (χ3v) is 4.36. The summed E-state index contributed by atoms with van der Waals surface area (Å²) in [5.74, 6) is 0.609. The minimum absolute atomic E-state index is 0.389. The van der Waals surface area contributed by atoms with Crippen LogP contribution in [0.25, 0.3) is 0 Å². The van der Waals surface area contributed by atoms with Crippen molar-refractivity contribution in [3.63, 3.8) is 0 Å². The average Bonchev–Trinajstić information content (AvgIpc) is 2.46. The Morgan fingerprint density at radius 1 is 1.05 bits per heavy atom. The van der Waals surface area contributed by atoms with Gasteiger partial charge < -0.3 is 5.32 Å². The highest BCUT2D eigenvalue weighted by Crippen LogP contribution is 2.27. The summed E-state index contributed by atoms with van der Waals surface area (Å²) in [4.78, 5) is 2.55. The summed E-state index contributed by atoms with van der Waals surface area (Å²) in [6.07, 6.45) is 1.19. The van der Waals surface area contributed by atoms with E-state index in [-0.39, 0.29) is 0 Å². The second-order valence-electron chi connectivity index (χ2n) is 6.10. The molecule has 0 radical (unpaired) electrons. The van der Waals surface area contributed by atoms with Gasteiger partial charge in [-0.1, -0.05) is 58.0 Å². The van der Waals surface area contributed by atoms with Crippen molar-refractivity contribution in [2.75, 3.05) is 13.6 Å². The Morgan fingerprint density at radius 2 is 1.65 bits per heavy atom. The van der Waals surface area contributed by atoms with Gasteiger partial charge in [-0.15, -0.1) is 0 Å². The molecule has 1 aromatic carbocycles. The summed E-state index contributed by atoms with van der Waals surface area (Å²) in [6, 6.07) is 12.4. The van der Waals surface area contributed by atoms with Gasteiger partial charge in [-0.05, 0) is 38.4 Å². The molecule has 0 aliphatic rings. The molecule has 0 aliphatic carbocycles. The van der Waals surface area contributed by atoms with Crippen LogP contribution in [0.5, 0.6) is 0 Å². The predicted molar refractivity (Wildman–Crippen MR) is 89.0 cm³/mol. The highest BCUT2D eigenvalue weighted by Gasteiger charge is 2.30. The van der Waals surface area contributed by atoms with Gasteiger partial charge >= 0.3 is 0 Å². The van der Waals surface area contributed by atoms with E-state index in [4.69, 9.17) is 0 Å². The molecule has 2 nitrogen and oxygen atoms in total. The normalized spacial score (nSPS) is 16.4. The first-order valence-corrected chi connectivity index (χ1v) is 8.03. The van der Waals surface area contributed by atoms with Crippen LogP contribution in [0.4, 0.5) is 0 Å². The lowest BCUT2D eigenvalue weighted by Crippen LogP contribution is -2.49. The first-order chi connectivity index (χ1) is 9.52. The number of likely N-dealkylation sites (N-methyl/N-ethyl adjacent to an activating group) is 2. The van der Waals surface area contributed by atoms with Gasteiger partial charge in [0.2, 0.25) is 0 Å². The van der Waals surface area contributed by atoms with Crippen molar-refractivity contribution in [1.82, 2.24) is 10.2 Å². The fraction of sp³-hybridized carbons (Fsp3) is 0.667. The van der Waals surface area contributed by atoms with E-state index in [1.807, 2.05) is 0 Å². The molecule has 0 amide bonds. The van der Waals surface area contributed by atoms with Gasteiger partial charge in [0.15, 0.2) is 0 Å². The second-order valence-corrected chi connectivity index (χ2v) is 6.10. The van der Waals surface area contributed by atoms with E-state index >= 15 is 0 Å². The quantitative estimate of drug-likeness (QED) is 0.769. The zero-order chi connectivity index (χ0) is 15.1. The highest BCUT2D eigenvalue weighted by molar-refractivity contribution is 5.21. The molecule has 0 saturated heterocycles. The van der Waals surface area contributed by atoms with E-state index in [1.165, 1.54) is 12.0 Å². The molecule has 0 aromatic heterocycles. The van der Waals surface area contributed by atoms with Crippen LogP contribution >= 0.6 is 0 Å². The Bertz CT molecular complexity index is 361. The molecule has 0 spiro atoms. The molecule has 0 bridgehead atoms. The second kappa shape index (κ2) is 8.43. The summed E-state index contributed by atoms with van der Waals surface area (Å²) < 4.78 is 0. The maximum absolute atomic E-state index is 3.70. The van der Waals surface area contributed by atoms with Crippen LogP contribution in [-0.2, 0) is 0 Å². The van der Waals surface area contributed by atoms with E-state index in [1.54, 1.807) is 0 Å². The van der Waals surface area contributed by atoms with Gasteiger partial charge in [-0.3, -0.25) is 4.90 Å². The molecule has 114 valence electrons. The summed E-state index contributed by atoms with van der Waals surface area (Å²) in [7, 11) is 2.27. The number of hydrogen-bond acceptors (Lipinski definition) is 2. The van der Waals surface area contributed by atoms with Crippen LogP contribution in [0.15, 0.2) is 30.3 Å². The first-order valence-electron chi connectivity index (χ1n) is 8.03. The van der Waals surface area contributed by atoms with E-state index in [0.717, 1.165) is 6.54 Å². The smallest absolute Gasteiger partial charge is 0.0480 e. The van der Waals surface area contributed by atoms with Gasteiger partial charge in [-0.25, -0.2) is 0 Å². The topological polar surface area (TPSA) is 15.3 Å². The minimum Gasteiger partial charge on any atom is -0.309 e. The summed E-state index contributed by atoms with van der Waals surface area (Å²) in [5, 5.41) is 3.70. The van der Waals surface area contributed by atoms with Gasteiger partial charge in [0.25, 0.3) is 0 Å². The van der Waals surface area contributed by atoms with Crippen molar-refractivity contribution in [3.8, 4) is 0 Å². The van der Waals surface area contributed by atoms with Crippen LogP contribution in [-0.4, -0.2) is 30.6 Å². The van der Waals surface area contributed by atoms with Crippen molar-refractivity contribution >= 4 is 0 Å². The highest BCUT2D eigenvalue weighted by atomic mass is 15.2. The Labute approximate surface area is 125 Å². The molecule has 0 fully saturated rings. The Morgan fingerprint density at radius 3 is 2.10 bits per heavy atom. The number of nitrogens with zero attached hydrogens (tertiary/aromatic N) is 1. The Kier molecular flexibility index (Phi) is 7.25. The molecule has 2 heteroatoms. The first kappa shape index (κ1) is 17.2. The SMILES string of the molecule is CCNC(c1ccccc1)C(C(C)C)N(C)C(C)CC. The maximum atomic E-state index is 3.70. The van der Waals surface area contributed by atoms with Crippen LogP contribution in [0.1, 0.15) is 52.6 Å². The third kappa shape index (κ3) is 4.32. The fourth-order valence-electron chi connectivity index (χ4n) is 2.99. The van der Waals surface area contributed by atoms with Gasteiger partial charge in [0.05, 0.1) is 0 Å². The molecule has 0 aliphatic heterocycles. The molecular formula is C18H32N2. The molecule has 3 atom stereocenters. The molecule has 0 heterocycles. The summed E-state index contributed by atoms with van der Waals surface area (Å²) in [6.45, 7) is 12.4. The van der Waals surface area contributed by atoms with E-state index < -0.39 is 0 Å². The van der Waals surface area contributed by atoms with Crippen LogP contribution in [0, 0.1) is 5.92 Å².